The fourth-order valence-electron chi connectivity index (χ4n) is 1.78. The Morgan fingerprint density at radius 3 is 2.57 bits per heavy atom. The molecule has 0 bridgehead atoms. The van der Waals surface area contributed by atoms with E-state index < -0.39 is 0 Å². The van der Waals surface area contributed by atoms with Crippen LogP contribution in [-0.4, -0.2) is 35.8 Å². The molecule has 0 saturated heterocycles. The minimum absolute atomic E-state index is 0.153. The van der Waals surface area contributed by atoms with Crippen molar-refractivity contribution in [3.8, 4) is 0 Å². The lowest BCUT2D eigenvalue weighted by Crippen LogP contribution is -2.24. The van der Waals surface area contributed by atoms with Crippen molar-refractivity contribution in [1.29, 1.82) is 0 Å². The molecule has 6 nitrogen and oxygen atoms in total. The highest BCUT2D eigenvalue weighted by molar-refractivity contribution is 5.95. The Morgan fingerprint density at radius 2 is 2.05 bits per heavy atom. The van der Waals surface area contributed by atoms with Crippen molar-refractivity contribution in [2.24, 2.45) is 0 Å². The maximum absolute atomic E-state index is 11.9. The molecule has 6 heteroatoms. The zero-order chi connectivity index (χ0) is 15.4. The lowest BCUT2D eigenvalue weighted by molar-refractivity contribution is 0.0821. The number of furan rings is 1. The van der Waals surface area contributed by atoms with Gasteiger partial charge in [-0.1, -0.05) is 6.07 Å². The van der Waals surface area contributed by atoms with Crippen molar-refractivity contribution >= 4 is 11.8 Å². The van der Waals surface area contributed by atoms with E-state index in [0.717, 1.165) is 5.56 Å². The SMILES string of the molecule is Cc1occc1C(=O)NCc1ccc(C(=O)N(C)C)nc1. The van der Waals surface area contributed by atoms with Gasteiger partial charge in [-0.25, -0.2) is 0 Å². The third-order valence-electron chi connectivity index (χ3n) is 3.01. The number of carbonyl (C=O) groups is 2. The third-order valence-corrected chi connectivity index (χ3v) is 3.01. The number of nitrogens with zero attached hydrogens (tertiary/aromatic N) is 2. The van der Waals surface area contributed by atoms with Crippen molar-refractivity contribution in [3.05, 3.63) is 53.2 Å². The van der Waals surface area contributed by atoms with Gasteiger partial charge in [-0.15, -0.1) is 0 Å². The summed E-state index contributed by atoms with van der Waals surface area (Å²) in [6, 6.07) is 5.04. The molecule has 0 aliphatic rings. The molecule has 0 aromatic carbocycles. The molecule has 2 amide bonds. The summed E-state index contributed by atoms with van der Waals surface area (Å²) >= 11 is 0. The van der Waals surface area contributed by atoms with E-state index >= 15 is 0 Å². The molecular weight excluding hydrogens is 270 g/mol. The zero-order valence-corrected chi connectivity index (χ0v) is 12.2. The predicted octanol–water partition coefficient (Wildman–Crippen LogP) is 1.61. The molecular formula is C15H17N3O3. The van der Waals surface area contributed by atoms with E-state index in [0.29, 0.717) is 23.6 Å². The van der Waals surface area contributed by atoms with Crippen LogP contribution in [0.5, 0.6) is 0 Å². The van der Waals surface area contributed by atoms with Crippen LogP contribution in [0.4, 0.5) is 0 Å². The molecule has 21 heavy (non-hydrogen) atoms. The van der Waals surface area contributed by atoms with Gasteiger partial charge in [0, 0.05) is 26.8 Å². The van der Waals surface area contributed by atoms with Gasteiger partial charge in [-0.3, -0.25) is 14.6 Å². The van der Waals surface area contributed by atoms with E-state index in [1.807, 2.05) is 0 Å². The minimum Gasteiger partial charge on any atom is -0.469 e. The topological polar surface area (TPSA) is 75.4 Å². The number of amides is 2. The molecule has 0 saturated carbocycles. The lowest BCUT2D eigenvalue weighted by Gasteiger charge is -2.10. The third kappa shape index (κ3) is 3.47. The first-order chi connectivity index (χ1) is 9.99. The summed E-state index contributed by atoms with van der Waals surface area (Å²) in [7, 11) is 3.34. The normalized spacial score (nSPS) is 10.2. The van der Waals surface area contributed by atoms with Gasteiger partial charge in [-0.05, 0) is 24.6 Å². The first-order valence-corrected chi connectivity index (χ1v) is 6.48. The fourth-order valence-corrected chi connectivity index (χ4v) is 1.78. The highest BCUT2D eigenvalue weighted by Crippen LogP contribution is 2.09. The summed E-state index contributed by atoms with van der Waals surface area (Å²) in [5.74, 6) is 0.229. The summed E-state index contributed by atoms with van der Waals surface area (Å²) in [6.07, 6.45) is 3.06. The molecule has 2 heterocycles. The smallest absolute Gasteiger partial charge is 0.271 e. The molecule has 2 rings (SSSR count). The number of carbonyl (C=O) groups excluding carboxylic acids is 2. The molecule has 2 aromatic rings. The van der Waals surface area contributed by atoms with Crippen LogP contribution >= 0.6 is 0 Å². The van der Waals surface area contributed by atoms with Crippen LogP contribution in [0.1, 0.15) is 32.2 Å². The fraction of sp³-hybridized carbons (Fsp3) is 0.267. The predicted molar refractivity (Wildman–Crippen MR) is 76.9 cm³/mol. The number of rotatable bonds is 4. The first-order valence-electron chi connectivity index (χ1n) is 6.48. The Kier molecular flexibility index (Phi) is 4.37. The molecule has 0 aliphatic heterocycles. The van der Waals surface area contributed by atoms with Crippen LogP contribution in [0, 0.1) is 6.92 Å². The van der Waals surface area contributed by atoms with Crippen LogP contribution in [0.15, 0.2) is 35.1 Å². The molecule has 1 N–H and O–H groups in total. The Morgan fingerprint density at radius 1 is 1.29 bits per heavy atom. The van der Waals surface area contributed by atoms with Crippen molar-refractivity contribution in [2.75, 3.05) is 14.1 Å². The molecule has 0 atom stereocenters. The molecule has 0 aliphatic carbocycles. The standard InChI is InChI=1S/C15H17N3O3/c1-10-12(6-7-21-10)14(19)17-9-11-4-5-13(16-8-11)15(20)18(2)3/h4-8H,9H2,1-3H3,(H,17,19). The van der Waals surface area contributed by atoms with Crippen LogP contribution in [0.3, 0.4) is 0 Å². The van der Waals surface area contributed by atoms with E-state index in [2.05, 4.69) is 10.3 Å². The highest BCUT2D eigenvalue weighted by Gasteiger charge is 2.12. The van der Waals surface area contributed by atoms with Gasteiger partial charge in [0.1, 0.15) is 11.5 Å². The Labute approximate surface area is 122 Å². The molecule has 0 fully saturated rings. The molecule has 0 radical (unpaired) electrons. The molecule has 110 valence electrons. The summed E-state index contributed by atoms with van der Waals surface area (Å²) in [5, 5.41) is 2.78. The molecule has 0 spiro atoms. The van der Waals surface area contributed by atoms with Gasteiger partial charge in [0.05, 0.1) is 11.8 Å². The molecule has 2 aromatic heterocycles. The second kappa shape index (κ2) is 6.21. The average molecular weight is 287 g/mol. The van der Waals surface area contributed by atoms with Crippen molar-refractivity contribution < 1.29 is 14.0 Å². The maximum Gasteiger partial charge on any atom is 0.271 e. The number of pyridine rings is 1. The van der Waals surface area contributed by atoms with Gasteiger partial charge in [0.15, 0.2) is 0 Å². The maximum atomic E-state index is 11.9. The van der Waals surface area contributed by atoms with Gasteiger partial charge >= 0.3 is 0 Å². The second-order valence-electron chi connectivity index (χ2n) is 4.82. The Hall–Kier alpha value is -2.63. The largest absolute Gasteiger partial charge is 0.469 e. The number of nitrogens with one attached hydrogen (secondary N) is 1. The van der Waals surface area contributed by atoms with Gasteiger partial charge in [-0.2, -0.15) is 0 Å². The monoisotopic (exact) mass is 287 g/mol. The molecule has 0 unspecified atom stereocenters. The van der Waals surface area contributed by atoms with E-state index in [4.69, 9.17) is 4.42 Å². The summed E-state index contributed by atoms with van der Waals surface area (Å²) < 4.78 is 5.09. The van der Waals surface area contributed by atoms with Crippen molar-refractivity contribution in [3.63, 3.8) is 0 Å². The van der Waals surface area contributed by atoms with Crippen LogP contribution in [-0.2, 0) is 6.54 Å². The minimum atomic E-state index is -0.199. The quantitative estimate of drug-likeness (QED) is 0.927. The van der Waals surface area contributed by atoms with E-state index in [1.165, 1.54) is 11.2 Å². The summed E-state index contributed by atoms with van der Waals surface area (Å²) in [5.41, 5.74) is 1.71. The lowest BCUT2D eigenvalue weighted by atomic mass is 10.2. The van der Waals surface area contributed by atoms with Crippen molar-refractivity contribution in [1.82, 2.24) is 15.2 Å². The number of aryl methyl sites for hydroxylation is 1. The second-order valence-corrected chi connectivity index (χ2v) is 4.82. The zero-order valence-electron chi connectivity index (χ0n) is 12.2. The van der Waals surface area contributed by atoms with Crippen LogP contribution < -0.4 is 5.32 Å². The van der Waals surface area contributed by atoms with Gasteiger partial charge < -0.3 is 14.6 Å². The number of aromatic nitrogens is 1. The highest BCUT2D eigenvalue weighted by atomic mass is 16.3. The average Bonchev–Trinajstić information content (AvgIpc) is 2.90. The van der Waals surface area contributed by atoms with E-state index in [1.54, 1.807) is 45.4 Å². The summed E-state index contributed by atoms with van der Waals surface area (Å²) in [4.78, 5) is 29.2. The number of hydrogen-bond acceptors (Lipinski definition) is 4. The first kappa shape index (κ1) is 14.8. The van der Waals surface area contributed by atoms with Gasteiger partial charge in [0.2, 0.25) is 0 Å². The van der Waals surface area contributed by atoms with Crippen molar-refractivity contribution in [2.45, 2.75) is 13.5 Å². The van der Waals surface area contributed by atoms with E-state index in [-0.39, 0.29) is 11.8 Å². The van der Waals surface area contributed by atoms with Crippen LogP contribution in [0.2, 0.25) is 0 Å². The number of hydrogen-bond donors (Lipinski definition) is 1. The van der Waals surface area contributed by atoms with E-state index in [9.17, 15) is 9.59 Å². The Balaban J connectivity index is 1.97. The van der Waals surface area contributed by atoms with Gasteiger partial charge in [0.25, 0.3) is 11.8 Å². The van der Waals surface area contributed by atoms with Crippen LogP contribution in [0.25, 0.3) is 0 Å². The summed E-state index contributed by atoms with van der Waals surface area (Å²) in [6.45, 7) is 2.07. The Bertz CT molecular complexity index is 644.